The van der Waals surface area contributed by atoms with Gasteiger partial charge in [-0.2, -0.15) is 0 Å². The number of nitrogens with two attached hydrogens (primary N) is 1. The Labute approximate surface area is 104 Å². The van der Waals surface area contributed by atoms with Crippen LogP contribution in [0, 0.1) is 0 Å². The summed E-state index contributed by atoms with van der Waals surface area (Å²) < 4.78 is 1.11. The van der Waals surface area contributed by atoms with Crippen molar-refractivity contribution < 1.29 is 0 Å². The van der Waals surface area contributed by atoms with Crippen LogP contribution in [0.1, 0.15) is 18.5 Å². The van der Waals surface area contributed by atoms with Gasteiger partial charge in [-0.25, -0.2) is 0 Å². The number of benzene rings is 2. The summed E-state index contributed by atoms with van der Waals surface area (Å²) in [6.07, 6.45) is 0. The van der Waals surface area contributed by atoms with E-state index in [-0.39, 0.29) is 18.4 Å². The van der Waals surface area contributed by atoms with Gasteiger partial charge < -0.3 is 5.73 Å². The molecular formula is C12H13BrClN. The lowest BCUT2D eigenvalue weighted by atomic mass is 10.0. The molecule has 1 nitrogen and oxygen atoms in total. The van der Waals surface area contributed by atoms with E-state index in [0.717, 1.165) is 10.0 Å². The molecule has 0 radical (unpaired) electrons. The molecule has 0 aliphatic heterocycles. The summed E-state index contributed by atoms with van der Waals surface area (Å²) in [6, 6.07) is 12.6. The first-order chi connectivity index (χ1) is 6.68. The van der Waals surface area contributed by atoms with Crippen LogP contribution in [0.3, 0.4) is 0 Å². The maximum Gasteiger partial charge on any atom is 0.0266 e. The lowest BCUT2D eigenvalue weighted by Crippen LogP contribution is -2.04. The topological polar surface area (TPSA) is 26.0 Å². The molecule has 0 bridgehead atoms. The quantitative estimate of drug-likeness (QED) is 0.841. The predicted octanol–water partition coefficient (Wildman–Crippen LogP) is 4.04. The molecule has 2 rings (SSSR count). The molecule has 15 heavy (non-hydrogen) atoms. The molecule has 0 aromatic heterocycles. The van der Waals surface area contributed by atoms with Gasteiger partial charge >= 0.3 is 0 Å². The average Bonchev–Trinajstić information content (AvgIpc) is 2.17. The fourth-order valence-electron chi connectivity index (χ4n) is 1.55. The normalized spacial score (nSPS) is 12.2. The highest BCUT2D eigenvalue weighted by atomic mass is 79.9. The number of hydrogen-bond acceptors (Lipinski definition) is 1. The van der Waals surface area contributed by atoms with Crippen LogP contribution in [0.4, 0.5) is 0 Å². The molecule has 0 saturated carbocycles. The Morgan fingerprint density at radius 2 is 1.87 bits per heavy atom. The third kappa shape index (κ3) is 2.51. The minimum atomic E-state index is 0. The summed E-state index contributed by atoms with van der Waals surface area (Å²) >= 11 is 3.56. The van der Waals surface area contributed by atoms with Crippen molar-refractivity contribution in [3.63, 3.8) is 0 Å². The second-order valence-corrected chi connectivity index (χ2v) is 4.37. The van der Waals surface area contributed by atoms with Crippen molar-refractivity contribution in [2.75, 3.05) is 0 Å². The van der Waals surface area contributed by atoms with Crippen molar-refractivity contribution in [1.29, 1.82) is 0 Å². The fourth-order valence-corrected chi connectivity index (χ4v) is 2.17. The molecule has 0 aliphatic carbocycles. The van der Waals surface area contributed by atoms with E-state index in [1.54, 1.807) is 0 Å². The van der Waals surface area contributed by atoms with Crippen molar-refractivity contribution in [3.05, 3.63) is 46.4 Å². The largest absolute Gasteiger partial charge is 0.324 e. The number of hydrogen-bond donors (Lipinski definition) is 1. The van der Waals surface area contributed by atoms with Crippen molar-refractivity contribution in [2.24, 2.45) is 5.73 Å². The highest BCUT2D eigenvalue weighted by Gasteiger charge is 2.04. The number of rotatable bonds is 1. The Morgan fingerprint density at radius 3 is 2.53 bits per heavy atom. The maximum atomic E-state index is 5.85. The number of halogens is 2. The third-order valence-electron chi connectivity index (χ3n) is 2.36. The molecule has 0 aliphatic rings. The molecule has 2 N–H and O–H groups in total. The smallest absolute Gasteiger partial charge is 0.0266 e. The van der Waals surface area contributed by atoms with Gasteiger partial charge in [0.2, 0.25) is 0 Å². The van der Waals surface area contributed by atoms with Gasteiger partial charge in [-0.1, -0.05) is 40.2 Å². The Kier molecular flexibility index (Phi) is 4.14. The monoisotopic (exact) mass is 285 g/mol. The van der Waals surface area contributed by atoms with Gasteiger partial charge in [-0.15, -0.1) is 12.4 Å². The molecule has 0 heterocycles. The first kappa shape index (κ1) is 12.5. The van der Waals surface area contributed by atoms with E-state index in [0.29, 0.717) is 0 Å². The average molecular weight is 287 g/mol. The summed E-state index contributed by atoms with van der Waals surface area (Å²) in [5, 5.41) is 2.46. The zero-order valence-corrected chi connectivity index (χ0v) is 10.8. The zero-order valence-electron chi connectivity index (χ0n) is 8.41. The van der Waals surface area contributed by atoms with Crippen molar-refractivity contribution in [1.82, 2.24) is 0 Å². The molecule has 1 atom stereocenters. The van der Waals surface area contributed by atoms with Crippen molar-refractivity contribution in [2.45, 2.75) is 13.0 Å². The molecule has 0 fully saturated rings. The predicted molar refractivity (Wildman–Crippen MR) is 71.5 cm³/mol. The summed E-state index contributed by atoms with van der Waals surface area (Å²) in [5.74, 6) is 0. The molecule has 0 unspecified atom stereocenters. The Balaban J connectivity index is 0.00000112. The third-order valence-corrected chi connectivity index (χ3v) is 3.02. The molecule has 2 aromatic rings. The highest BCUT2D eigenvalue weighted by molar-refractivity contribution is 9.10. The molecule has 80 valence electrons. The van der Waals surface area contributed by atoms with Crippen LogP contribution in [0.5, 0.6) is 0 Å². The van der Waals surface area contributed by atoms with Crippen LogP contribution < -0.4 is 5.73 Å². The van der Waals surface area contributed by atoms with Gasteiger partial charge in [0, 0.05) is 10.5 Å². The summed E-state index contributed by atoms with van der Waals surface area (Å²) in [7, 11) is 0. The van der Waals surface area contributed by atoms with Gasteiger partial charge in [0.25, 0.3) is 0 Å². The molecule has 0 spiro atoms. The van der Waals surface area contributed by atoms with E-state index in [9.17, 15) is 0 Å². The molecule has 3 heteroatoms. The number of fused-ring (bicyclic) bond motifs is 1. The standard InChI is InChI=1S/C12H12BrN.ClH/c1-8(14)10-6-9-4-2-3-5-11(9)12(13)7-10;/h2-8H,14H2,1H3;1H/t8-;/m1./s1. The first-order valence-corrected chi connectivity index (χ1v) is 5.41. The maximum absolute atomic E-state index is 5.85. The van der Waals surface area contributed by atoms with E-state index in [2.05, 4.69) is 40.2 Å². The van der Waals surface area contributed by atoms with Gasteiger partial charge in [0.1, 0.15) is 0 Å². The van der Waals surface area contributed by atoms with E-state index >= 15 is 0 Å². The van der Waals surface area contributed by atoms with Crippen LogP contribution in [0.15, 0.2) is 40.9 Å². The minimum absolute atomic E-state index is 0. The summed E-state index contributed by atoms with van der Waals surface area (Å²) in [6.45, 7) is 2.00. The van der Waals surface area contributed by atoms with Gasteiger partial charge in [-0.3, -0.25) is 0 Å². The van der Waals surface area contributed by atoms with E-state index in [1.165, 1.54) is 10.8 Å². The van der Waals surface area contributed by atoms with Gasteiger partial charge in [-0.05, 0) is 35.4 Å². The minimum Gasteiger partial charge on any atom is -0.324 e. The molecule has 0 saturated heterocycles. The lowest BCUT2D eigenvalue weighted by Gasteiger charge is -2.08. The molecule has 0 amide bonds. The van der Waals surface area contributed by atoms with E-state index < -0.39 is 0 Å². The highest BCUT2D eigenvalue weighted by Crippen LogP contribution is 2.27. The van der Waals surface area contributed by atoms with Gasteiger partial charge in [0.05, 0.1) is 0 Å². The fraction of sp³-hybridized carbons (Fsp3) is 0.167. The molecule has 2 aromatic carbocycles. The second-order valence-electron chi connectivity index (χ2n) is 3.51. The first-order valence-electron chi connectivity index (χ1n) is 4.62. The van der Waals surface area contributed by atoms with Crippen LogP contribution in [-0.2, 0) is 0 Å². The Hall–Kier alpha value is -0.570. The second kappa shape index (κ2) is 4.97. The van der Waals surface area contributed by atoms with Crippen LogP contribution in [0.25, 0.3) is 10.8 Å². The van der Waals surface area contributed by atoms with Crippen molar-refractivity contribution in [3.8, 4) is 0 Å². The lowest BCUT2D eigenvalue weighted by molar-refractivity contribution is 0.819. The Bertz CT molecular complexity index is 468. The van der Waals surface area contributed by atoms with Crippen LogP contribution >= 0.6 is 28.3 Å². The van der Waals surface area contributed by atoms with Crippen LogP contribution in [0.2, 0.25) is 0 Å². The van der Waals surface area contributed by atoms with Gasteiger partial charge in [0.15, 0.2) is 0 Å². The summed E-state index contributed by atoms with van der Waals surface area (Å²) in [4.78, 5) is 0. The summed E-state index contributed by atoms with van der Waals surface area (Å²) in [5.41, 5.74) is 7.02. The Morgan fingerprint density at radius 1 is 1.20 bits per heavy atom. The van der Waals surface area contributed by atoms with Crippen LogP contribution in [-0.4, -0.2) is 0 Å². The SMILES string of the molecule is C[C@@H](N)c1cc(Br)c2ccccc2c1.Cl. The molecular weight excluding hydrogens is 273 g/mol. The van der Waals surface area contributed by atoms with E-state index in [4.69, 9.17) is 5.73 Å². The van der Waals surface area contributed by atoms with E-state index in [1.807, 2.05) is 19.1 Å². The zero-order chi connectivity index (χ0) is 10.1. The van der Waals surface area contributed by atoms with Crippen molar-refractivity contribution >= 4 is 39.1 Å².